The third-order valence-electron chi connectivity index (χ3n) is 5.12. The molecule has 0 aliphatic carbocycles. The summed E-state index contributed by atoms with van der Waals surface area (Å²) in [5, 5.41) is 0.606. The number of amides is 2. The summed E-state index contributed by atoms with van der Waals surface area (Å²) in [5.74, 6) is -0.0538. The summed E-state index contributed by atoms with van der Waals surface area (Å²) in [4.78, 5) is 28.7. The first kappa shape index (κ1) is 20.1. The molecule has 2 saturated heterocycles. The van der Waals surface area contributed by atoms with Gasteiger partial charge in [-0.3, -0.25) is 9.59 Å². The summed E-state index contributed by atoms with van der Waals surface area (Å²) >= 11 is 5.87. The maximum atomic E-state index is 12.6. The van der Waals surface area contributed by atoms with Crippen LogP contribution in [0.15, 0.2) is 24.3 Å². The Hall–Kier alpha value is -1.63. The second-order valence-electron chi connectivity index (χ2n) is 7.09. The molecule has 3 rings (SSSR count). The zero-order valence-corrected chi connectivity index (χ0v) is 16.5. The molecule has 148 valence electrons. The molecule has 0 bridgehead atoms. The molecule has 1 aromatic carbocycles. The van der Waals surface area contributed by atoms with Crippen LogP contribution in [-0.2, 0) is 14.3 Å². The van der Waals surface area contributed by atoms with Gasteiger partial charge in [-0.2, -0.15) is 0 Å². The Morgan fingerprint density at radius 1 is 1.15 bits per heavy atom. The topological polar surface area (TPSA) is 59.1 Å². The van der Waals surface area contributed by atoms with Crippen molar-refractivity contribution < 1.29 is 19.1 Å². The van der Waals surface area contributed by atoms with Crippen molar-refractivity contribution in [3.8, 4) is 0 Å². The predicted molar refractivity (Wildman–Crippen MR) is 103 cm³/mol. The van der Waals surface area contributed by atoms with Crippen molar-refractivity contribution >= 4 is 23.4 Å². The van der Waals surface area contributed by atoms with E-state index in [0.717, 1.165) is 25.9 Å². The second kappa shape index (κ2) is 9.53. The third kappa shape index (κ3) is 5.43. The number of nitrogens with zero attached hydrogens (tertiary/aromatic N) is 2. The van der Waals surface area contributed by atoms with Crippen molar-refractivity contribution in [3.63, 3.8) is 0 Å². The van der Waals surface area contributed by atoms with Crippen molar-refractivity contribution in [2.24, 2.45) is 0 Å². The maximum absolute atomic E-state index is 12.6. The Labute approximate surface area is 165 Å². The molecule has 0 spiro atoms. The standard InChI is InChI=1S/C20H27ClN2O4/c1-15(27-14-18-4-2-3-13-26-18)19(24)22-9-11-23(12-10-22)20(25)16-5-7-17(21)8-6-16/h5-8,15,18H,2-4,9-14H2,1H3. The van der Waals surface area contributed by atoms with Crippen LogP contribution in [0.25, 0.3) is 0 Å². The van der Waals surface area contributed by atoms with Gasteiger partial charge < -0.3 is 19.3 Å². The number of carbonyl (C=O) groups is 2. The highest BCUT2D eigenvalue weighted by atomic mass is 35.5. The molecule has 6 nitrogen and oxygen atoms in total. The van der Waals surface area contributed by atoms with Gasteiger partial charge in [0.15, 0.2) is 0 Å². The molecule has 0 N–H and O–H groups in total. The van der Waals surface area contributed by atoms with Gasteiger partial charge in [-0.25, -0.2) is 0 Å². The summed E-state index contributed by atoms with van der Waals surface area (Å²) in [6.07, 6.45) is 2.85. The van der Waals surface area contributed by atoms with E-state index in [0.29, 0.717) is 43.4 Å². The largest absolute Gasteiger partial charge is 0.376 e. The minimum atomic E-state index is -0.492. The molecule has 0 radical (unpaired) electrons. The van der Waals surface area contributed by atoms with Crippen LogP contribution in [0.4, 0.5) is 0 Å². The van der Waals surface area contributed by atoms with Gasteiger partial charge in [0.25, 0.3) is 11.8 Å². The molecule has 0 saturated carbocycles. The maximum Gasteiger partial charge on any atom is 0.253 e. The van der Waals surface area contributed by atoms with Gasteiger partial charge in [-0.1, -0.05) is 11.6 Å². The molecule has 27 heavy (non-hydrogen) atoms. The molecule has 2 aliphatic rings. The summed E-state index contributed by atoms with van der Waals surface area (Å²) in [7, 11) is 0. The molecule has 2 unspecified atom stereocenters. The number of hydrogen-bond donors (Lipinski definition) is 0. The van der Waals surface area contributed by atoms with Crippen LogP contribution in [0.3, 0.4) is 0 Å². The normalized spacial score (nSPS) is 21.8. The molecular formula is C20H27ClN2O4. The Bertz CT molecular complexity index is 638. The summed E-state index contributed by atoms with van der Waals surface area (Å²) in [6, 6.07) is 6.88. The van der Waals surface area contributed by atoms with Crippen LogP contribution in [0.1, 0.15) is 36.5 Å². The molecule has 2 heterocycles. The lowest BCUT2D eigenvalue weighted by molar-refractivity contribution is -0.147. The predicted octanol–water partition coefficient (Wildman–Crippen LogP) is 2.60. The number of hydrogen-bond acceptors (Lipinski definition) is 4. The van der Waals surface area contributed by atoms with Gasteiger partial charge in [0.05, 0.1) is 12.7 Å². The van der Waals surface area contributed by atoms with Crippen LogP contribution in [0, 0.1) is 0 Å². The summed E-state index contributed by atoms with van der Waals surface area (Å²) in [5.41, 5.74) is 0.614. The highest BCUT2D eigenvalue weighted by Crippen LogP contribution is 2.16. The van der Waals surface area contributed by atoms with Gasteiger partial charge >= 0.3 is 0 Å². The van der Waals surface area contributed by atoms with Gasteiger partial charge in [0.1, 0.15) is 6.10 Å². The molecule has 7 heteroatoms. The highest BCUT2D eigenvalue weighted by molar-refractivity contribution is 6.30. The average molecular weight is 395 g/mol. The lowest BCUT2D eigenvalue weighted by Gasteiger charge is -2.36. The third-order valence-corrected chi connectivity index (χ3v) is 5.38. The van der Waals surface area contributed by atoms with Crippen LogP contribution in [-0.4, -0.2) is 73.2 Å². The number of carbonyl (C=O) groups excluding carboxylic acids is 2. The number of halogens is 1. The fourth-order valence-electron chi connectivity index (χ4n) is 3.42. The van der Waals surface area contributed by atoms with Gasteiger partial charge in [-0.15, -0.1) is 0 Å². The van der Waals surface area contributed by atoms with E-state index >= 15 is 0 Å². The fourth-order valence-corrected chi connectivity index (χ4v) is 3.55. The second-order valence-corrected chi connectivity index (χ2v) is 7.52. The molecule has 2 atom stereocenters. The first-order valence-corrected chi connectivity index (χ1v) is 9.99. The fraction of sp³-hybridized carbons (Fsp3) is 0.600. The van der Waals surface area contributed by atoms with Crippen molar-refractivity contribution in [1.82, 2.24) is 9.80 Å². The van der Waals surface area contributed by atoms with E-state index in [9.17, 15) is 9.59 Å². The zero-order valence-electron chi connectivity index (χ0n) is 15.7. The van der Waals surface area contributed by atoms with E-state index in [4.69, 9.17) is 21.1 Å². The molecule has 1 aromatic rings. The Morgan fingerprint density at radius 3 is 2.44 bits per heavy atom. The first-order valence-electron chi connectivity index (χ1n) is 9.61. The number of piperazine rings is 1. The van der Waals surface area contributed by atoms with E-state index in [1.54, 1.807) is 41.0 Å². The SMILES string of the molecule is CC(OCC1CCCCO1)C(=O)N1CCN(C(=O)c2ccc(Cl)cc2)CC1. The Balaban J connectivity index is 1.44. The minimum Gasteiger partial charge on any atom is -0.376 e. The quantitative estimate of drug-likeness (QED) is 0.770. The number of ether oxygens (including phenoxy) is 2. The Kier molecular flexibility index (Phi) is 7.10. The number of benzene rings is 1. The first-order chi connectivity index (χ1) is 13.0. The van der Waals surface area contributed by atoms with Crippen LogP contribution in [0.5, 0.6) is 0 Å². The Morgan fingerprint density at radius 2 is 1.81 bits per heavy atom. The van der Waals surface area contributed by atoms with Crippen molar-refractivity contribution in [3.05, 3.63) is 34.9 Å². The summed E-state index contributed by atoms with van der Waals surface area (Å²) < 4.78 is 11.4. The van der Waals surface area contributed by atoms with Gasteiger partial charge in [0.2, 0.25) is 0 Å². The minimum absolute atomic E-state index is 0.0237. The molecular weight excluding hydrogens is 368 g/mol. The molecule has 0 aromatic heterocycles. The van der Waals surface area contributed by atoms with Crippen LogP contribution >= 0.6 is 11.6 Å². The molecule has 2 aliphatic heterocycles. The van der Waals surface area contributed by atoms with Crippen molar-refractivity contribution in [2.75, 3.05) is 39.4 Å². The average Bonchev–Trinajstić information content (AvgIpc) is 2.72. The van der Waals surface area contributed by atoms with Crippen molar-refractivity contribution in [1.29, 1.82) is 0 Å². The lowest BCUT2D eigenvalue weighted by Crippen LogP contribution is -2.53. The van der Waals surface area contributed by atoms with Crippen LogP contribution in [0.2, 0.25) is 5.02 Å². The summed E-state index contributed by atoms with van der Waals surface area (Å²) in [6.45, 7) is 5.10. The smallest absolute Gasteiger partial charge is 0.253 e. The number of rotatable bonds is 5. The van der Waals surface area contributed by atoms with Crippen LogP contribution < -0.4 is 0 Å². The van der Waals surface area contributed by atoms with Gasteiger partial charge in [-0.05, 0) is 50.5 Å². The van der Waals surface area contributed by atoms with Gasteiger partial charge in [0, 0.05) is 43.4 Å². The molecule has 2 amide bonds. The van der Waals surface area contributed by atoms with E-state index in [2.05, 4.69) is 0 Å². The van der Waals surface area contributed by atoms with E-state index < -0.39 is 6.10 Å². The lowest BCUT2D eigenvalue weighted by atomic mass is 10.1. The van der Waals surface area contributed by atoms with E-state index in [1.807, 2.05) is 0 Å². The zero-order chi connectivity index (χ0) is 19.2. The monoisotopic (exact) mass is 394 g/mol. The van der Waals surface area contributed by atoms with E-state index in [-0.39, 0.29) is 17.9 Å². The molecule has 2 fully saturated rings. The van der Waals surface area contributed by atoms with Crippen molar-refractivity contribution in [2.45, 2.75) is 38.4 Å². The highest BCUT2D eigenvalue weighted by Gasteiger charge is 2.28. The van der Waals surface area contributed by atoms with E-state index in [1.165, 1.54) is 0 Å².